The van der Waals surface area contributed by atoms with Crippen LogP contribution in [0, 0.1) is 5.92 Å². The Morgan fingerprint density at radius 3 is 2.83 bits per heavy atom. The predicted molar refractivity (Wildman–Crippen MR) is 117 cm³/mol. The van der Waals surface area contributed by atoms with Crippen LogP contribution in [0.2, 0.25) is 5.02 Å². The summed E-state index contributed by atoms with van der Waals surface area (Å²) in [6, 6.07) is 4.18. The molecule has 156 valence electrons. The van der Waals surface area contributed by atoms with Crippen molar-refractivity contribution < 1.29 is 13.2 Å². The monoisotopic (exact) mass is 472 g/mol. The van der Waals surface area contributed by atoms with E-state index in [1.165, 1.54) is 45.6 Å². The topological polar surface area (TPSA) is 92.3 Å². The lowest BCUT2D eigenvalue weighted by atomic mass is 10.0. The van der Waals surface area contributed by atoms with Crippen LogP contribution in [0.4, 0.5) is 5.13 Å². The molecular weight excluding hydrogens is 452 g/mol. The van der Waals surface area contributed by atoms with Crippen molar-refractivity contribution in [2.45, 2.75) is 29.0 Å². The van der Waals surface area contributed by atoms with E-state index >= 15 is 0 Å². The standard InChI is InChI=1S/C18H21ClN4O3S3/c1-3-10-27-18-22-21-17(28-18)20-16(24)14-11-13(4-5-15(14)19)29(25,26)23-8-6-12(2)7-9-23/h3-5,11-12H,1,6-10H2,2H3,(H,20,21,24). The molecule has 3 rings (SSSR count). The van der Waals surface area contributed by atoms with Gasteiger partial charge in [0.2, 0.25) is 15.2 Å². The first-order valence-corrected chi connectivity index (χ1v) is 12.6. The van der Waals surface area contributed by atoms with Crippen LogP contribution < -0.4 is 5.32 Å². The van der Waals surface area contributed by atoms with Crippen molar-refractivity contribution in [3.63, 3.8) is 0 Å². The van der Waals surface area contributed by atoms with Crippen LogP contribution in [-0.2, 0) is 10.0 Å². The molecule has 1 amide bonds. The van der Waals surface area contributed by atoms with E-state index in [9.17, 15) is 13.2 Å². The SMILES string of the molecule is C=CCSc1nnc(NC(=O)c2cc(S(=O)(=O)N3CCC(C)CC3)ccc2Cl)s1. The molecule has 2 aromatic rings. The molecule has 1 N–H and O–H groups in total. The molecule has 0 aliphatic carbocycles. The number of rotatable bonds is 7. The number of amides is 1. The molecule has 29 heavy (non-hydrogen) atoms. The van der Waals surface area contributed by atoms with Crippen LogP contribution >= 0.6 is 34.7 Å². The van der Waals surface area contributed by atoms with E-state index in [2.05, 4.69) is 29.0 Å². The molecule has 1 aromatic heterocycles. The molecule has 1 aliphatic rings. The van der Waals surface area contributed by atoms with Gasteiger partial charge in [-0.05, 0) is 37.0 Å². The van der Waals surface area contributed by atoms with E-state index in [1.807, 2.05) is 0 Å². The summed E-state index contributed by atoms with van der Waals surface area (Å²) in [7, 11) is -3.68. The number of halogens is 1. The van der Waals surface area contributed by atoms with Gasteiger partial charge >= 0.3 is 0 Å². The van der Waals surface area contributed by atoms with Crippen LogP contribution in [0.3, 0.4) is 0 Å². The summed E-state index contributed by atoms with van der Waals surface area (Å²) in [4.78, 5) is 12.7. The molecular formula is C18H21ClN4O3S3. The zero-order chi connectivity index (χ0) is 21.0. The minimum absolute atomic E-state index is 0.0566. The van der Waals surface area contributed by atoms with Crippen LogP contribution in [0.1, 0.15) is 30.1 Å². The van der Waals surface area contributed by atoms with Gasteiger partial charge in [-0.2, -0.15) is 4.31 Å². The number of hydrogen-bond acceptors (Lipinski definition) is 7. The Bertz CT molecular complexity index is 1000. The average Bonchev–Trinajstić information content (AvgIpc) is 3.14. The summed E-state index contributed by atoms with van der Waals surface area (Å²) in [6.07, 6.45) is 3.39. The van der Waals surface area contributed by atoms with Gasteiger partial charge in [0.05, 0.1) is 15.5 Å². The molecule has 1 saturated heterocycles. The zero-order valence-electron chi connectivity index (χ0n) is 15.8. The lowest BCUT2D eigenvalue weighted by Crippen LogP contribution is -2.37. The molecule has 11 heteroatoms. The van der Waals surface area contributed by atoms with E-state index in [0.29, 0.717) is 34.2 Å². The minimum Gasteiger partial charge on any atom is -0.296 e. The number of anilines is 1. The fourth-order valence-electron chi connectivity index (χ4n) is 2.83. The second kappa shape index (κ2) is 9.57. The van der Waals surface area contributed by atoms with E-state index in [-0.39, 0.29) is 15.5 Å². The van der Waals surface area contributed by atoms with Crippen LogP contribution in [-0.4, -0.2) is 47.7 Å². The maximum atomic E-state index is 13.0. The van der Waals surface area contributed by atoms with Crippen molar-refractivity contribution in [3.05, 3.63) is 41.4 Å². The number of piperidine rings is 1. The number of nitrogens with one attached hydrogen (secondary N) is 1. The number of benzene rings is 1. The first kappa shape index (κ1) is 22.2. The van der Waals surface area contributed by atoms with E-state index in [1.54, 1.807) is 6.08 Å². The normalized spacial score (nSPS) is 15.9. The number of carbonyl (C=O) groups excluding carboxylic acids is 1. The predicted octanol–water partition coefficient (Wildman–Crippen LogP) is 4.14. The smallest absolute Gasteiger partial charge is 0.259 e. The Morgan fingerprint density at radius 2 is 2.14 bits per heavy atom. The van der Waals surface area contributed by atoms with Gasteiger partial charge in [-0.3, -0.25) is 10.1 Å². The average molecular weight is 473 g/mol. The van der Waals surface area contributed by atoms with Gasteiger partial charge in [-0.1, -0.05) is 47.7 Å². The van der Waals surface area contributed by atoms with Crippen molar-refractivity contribution in [1.29, 1.82) is 0 Å². The van der Waals surface area contributed by atoms with E-state index in [0.717, 1.165) is 12.8 Å². The quantitative estimate of drug-likeness (QED) is 0.370. The highest BCUT2D eigenvalue weighted by molar-refractivity contribution is 8.01. The van der Waals surface area contributed by atoms with Crippen LogP contribution in [0.5, 0.6) is 0 Å². The second-order valence-electron chi connectivity index (χ2n) is 6.66. The number of nitrogens with zero attached hydrogens (tertiary/aromatic N) is 3. The maximum absolute atomic E-state index is 13.0. The Balaban J connectivity index is 1.78. The Morgan fingerprint density at radius 1 is 1.41 bits per heavy atom. The van der Waals surface area contributed by atoms with Crippen molar-refractivity contribution >= 4 is 55.8 Å². The first-order chi connectivity index (χ1) is 13.8. The number of carbonyl (C=O) groups is 1. The third kappa shape index (κ3) is 5.37. The number of aromatic nitrogens is 2. The van der Waals surface area contributed by atoms with Gasteiger partial charge < -0.3 is 0 Å². The van der Waals surface area contributed by atoms with Gasteiger partial charge in [0, 0.05) is 18.8 Å². The molecule has 0 radical (unpaired) electrons. The summed E-state index contributed by atoms with van der Waals surface area (Å²) in [5, 5.41) is 11.0. The summed E-state index contributed by atoms with van der Waals surface area (Å²) in [5.41, 5.74) is 0.0774. The summed E-state index contributed by atoms with van der Waals surface area (Å²) < 4.78 is 28.1. The molecule has 1 aliphatic heterocycles. The molecule has 0 bridgehead atoms. The van der Waals surface area contributed by atoms with Gasteiger partial charge in [-0.15, -0.1) is 16.8 Å². The van der Waals surface area contributed by atoms with Crippen molar-refractivity contribution in [2.75, 3.05) is 24.2 Å². The summed E-state index contributed by atoms with van der Waals surface area (Å²) in [5.74, 6) is 0.661. The van der Waals surface area contributed by atoms with Crippen molar-refractivity contribution in [3.8, 4) is 0 Å². The highest BCUT2D eigenvalue weighted by atomic mass is 35.5. The second-order valence-corrected chi connectivity index (χ2v) is 11.2. The zero-order valence-corrected chi connectivity index (χ0v) is 19.0. The molecule has 1 fully saturated rings. The highest BCUT2D eigenvalue weighted by Crippen LogP contribution is 2.29. The summed E-state index contributed by atoms with van der Waals surface area (Å²) in [6.45, 7) is 6.71. The van der Waals surface area contributed by atoms with Crippen molar-refractivity contribution in [1.82, 2.24) is 14.5 Å². The highest BCUT2D eigenvalue weighted by Gasteiger charge is 2.29. The third-order valence-corrected chi connectivity index (χ3v) is 8.71. The fourth-order valence-corrected chi connectivity index (χ4v) is 6.03. The van der Waals surface area contributed by atoms with Gasteiger partial charge in [0.25, 0.3) is 5.91 Å². The number of sulfonamides is 1. The lowest BCUT2D eigenvalue weighted by molar-refractivity contribution is 0.102. The largest absolute Gasteiger partial charge is 0.296 e. The van der Waals surface area contributed by atoms with Crippen molar-refractivity contribution in [2.24, 2.45) is 5.92 Å². The molecule has 0 spiro atoms. The van der Waals surface area contributed by atoms with E-state index in [4.69, 9.17) is 11.6 Å². The minimum atomic E-state index is -3.68. The molecule has 0 saturated carbocycles. The van der Waals surface area contributed by atoms with Crippen LogP contribution in [0.15, 0.2) is 40.1 Å². The number of thioether (sulfide) groups is 1. The Kier molecular flexibility index (Phi) is 7.33. The van der Waals surface area contributed by atoms with Gasteiger partial charge in [0.15, 0.2) is 4.34 Å². The maximum Gasteiger partial charge on any atom is 0.259 e. The van der Waals surface area contributed by atoms with Gasteiger partial charge in [-0.25, -0.2) is 8.42 Å². The molecule has 0 atom stereocenters. The Hall–Kier alpha value is -1.46. The number of hydrogen-bond donors (Lipinski definition) is 1. The van der Waals surface area contributed by atoms with Crippen LogP contribution in [0.25, 0.3) is 0 Å². The lowest BCUT2D eigenvalue weighted by Gasteiger charge is -2.29. The molecule has 7 nitrogen and oxygen atoms in total. The molecule has 2 heterocycles. The third-order valence-electron chi connectivity index (χ3n) is 4.51. The molecule has 1 aromatic carbocycles. The van der Waals surface area contributed by atoms with E-state index < -0.39 is 15.9 Å². The first-order valence-electron chi connectivity index (χ1n) is 8.99. The Labute approximate surface area is 183 Å². The molecule has 0 unspecified atom stereocenters. The fraction of sp³-hybridized carbons (Fsp3) is 0.389. The summed E-state index contributed by atoms with van der Waals surface area (Å²) >= 11 is 8.85. The van der Waals surface area contributed by atoms with Gasteiger partial charge in [0.1, 0.15) is 0 Å².